The highest BCUT2D eigenvalue weighted by Gasteiger charge is 2.12. The zero-order valence-corrected chi connectivity index (χ0v) is 10.5. The Balaban J connectivity index is 2.07. The average Bonchev–Trinajstić information content (AvgIpc) is 2.78. The minimum absolute atomic E-state index is 0.167. The molecule has 6 heteroatoms. The van der Waals surface area contributed by atoms with Crippen LogP contribution in [0.4, 0.5) is 5.69 Å². The zero-order valence-electron chi connectivity index (χ0n) is 9.74. The summed E-state index contributed by atoms with van der Waals surface area (Å²) >= 11 is 5.82. The summed E-state index contributed by atoms with van der Waals surface area (Å²) in [7, 11) is 1.77. The van der Waals surface area contributed by atoms with Gasteiger partial charge in [0.1, 0.15) is 0 Å². The number of oxazole rings is 1. The molecule has 1 heterocycles. The van der Waals surface area contributed by atoms with Crippen LogP contribution in [-0.2, 0) is 6.54 Å². The number of nitrogens with zero attached hydrogens (tertiary/aromatic N) is 1. The van der Waals surface area contributed by atoms with Crippen LogP contribution in [0.5, 0.6) is 0 Å². The summed E-state index contributed by atoms with van der Waals surface area (Å²) < 4.78 is 5.27. The first-order chi connectivity index (χ1) is 8.69. The van der Waals surface area contributed by atoms with Gasteiger partial charge in [-0.05, 0) is 25.2 Å². The summed E-state index contributed by atoms with van der Waals surface area (Å²) in [6, 6.07) is 6.89. The van der Waals surface area contributed by atoms with Crippen molar-refractivity contribution in [1.29, 1.82) is 0 Å². The highest BCUT2D eigenvalue weighted by molar-refractivity contribution is 6.30. The molecule has 2 rings (SSSR count). The Morgan fingerprint density at radius 3 is 3.06 bits per heavy atom. The van der Waals surface area contributed by atoms with Gasteiger partial charge in [-0.1, -0.05) is 17.7 Å². The van der Waals surface area contributed by atoms with E-state index in [0.717, 1.165) is 0 Å². The van der Waals surface area contributed by atoms with Crippen LogP contribution in [-0.4, -0.2) is 17.9 Å². The number of hydrogen-bond acceptors (Lipinski definition) is 4. The topological polar surface area (TPSA) is 67.2 Å². The van der Waals surface area contributed by atoms with E-state index in [1.54, 1.807) is 31.3 Å². The second kappa shape index (κ2) is 5.66. The number of carbonyl (C=O) groups is 1. The van der Waals surface area contributed by atoms with Crippen LogP contribution >= 0.6 is 11.6 Å². The van der Waals surface area contributed by atoms with E-state index in [4.69, 9.17) is 16.0 Å². The van der Waals surface area contributed by atoms with Gasteiger partial charge >= 0.3 is 0 Å². The summed E-state index contributed by atoms with van der Waals surface area (Å²) in [4.78, 5) is 15.8. The fraction of sp³-hybridized carbons (Fsp3) is 0.167. The van der Waals surface area contributed by atoms with Crippen LogP contribution < -0.4 is 10.6 Å². The van der Waals surface area contributed by atoms with Crippen LogP contribution in [0.2, 0.25) is 5.02 Å². The van der Waals surface area contributed by atoms with E-state index in [-0.39, 0.29) is 11.7 Å². The molecule has 0 atom stereocenters. The number of aromatic nitrogens is 1. The predicted molar refractivity (Wildman–Crippen MR) is 68.7 cm³/mol. The molecule has 0 fully saturated rings. The fourth-order valence-corrected chi connectivity index (χ4v) is 1.60. The number of carbonyl (C=O) groups excluding carboxylic acids is 1. The third-order valence-corrected chi connectivity index (χ3v) is 2.42. The second-order valence-electron chi connectivity index (χ2n) is 3.61. The van der Waals surface area contributed by atoms with Gasteiger partial charge in [0.05, 0.1) is 12.7 Å². The Morgan fingerprint density at radius 1 is 1.50 bits per heavy atom. The molecule has 2 N–H and O–H groups in total. The molecule has 18 heavy (non-hydrogen) atoms. The first kappa shape index (κ1) is 12.6. The minimum Gasteiger partial charge on any atom is -0.434 e. The summed E-state index contributed by atoms with van der Waals surface area (Å²) in [5, 5.41) is 6.12. The molecular weight excluding hydrogens is 254 g/mol. The van der Waals surface area contributed by atoms with Gasteiger partial charge in [-0.2, -0.15) is 0 Å². The minimum atomic E-state index is -0.355. The van der Waals surface area contributed by atoms with Crippen molar-refractivity contribution >= 4 is 23.2 Å². The normalized spacial score (nSPS) is 10.3. The predicted octanol–water partition coefficient (Wildman–Crippen LogP) is 2.30. The summed E-state index contributed by atoms with van der Waals surface area (Å²) in [6.45, 7) is 0.477. The van der Waals surface area contributed by atoms with Crippen molar-refractivity contribution in [1.82, 2.24) is 10.3 Å². The van der Waals surface area contributed by atoms with Crippen LogP contribution in [0.15, 0.2) is 34.9 Å². The van der Waals surface area contributed by atoms with Gasteiger partial charge in [-0.25, -0.2) is 4.98 Å². The van der Waals surface area contributed by atoms with E-state index in [2.05, 4.69) is 15.6 Å². The molecule has 1 aromatic heterocycles. The van der Waals surface area contributed by atoms with Crippen molar-refractivity contribution < 1.29 is 9.21 Å². The summed E-state index contributed by atoms with van der Waals surface area (Å²) in [5.41, 5.74) is 0.610. The molecule has 0 saturated carbocycles. The number of amides is 1. The molecule has 1 aromatic carbocycles. The quantitative estimate of drug-likeness (QED) is 0.890. The third kappa shape index (κ3) is 3.09. The standard InChI is InChI=1S/C12H12ClN3O2/c1-14-7-11-15-6-10(18-11)12(17)16-9-4-2-3-8(13)5-9/h2-6,14H,7H2,1H3,(H,16,17). The van der Waals surface area contributed by atoms with E-state index in [9.17, 15) is 4.79 Å². The number of anilines is 1. The highest BCUT2D eigenvalue weighted by atomic mass is 35.5. The molecule has 94 valence electrons. The molecule has 1 amide bonds. The lowest BCUT2D eigenvalue weighted by Crippen LogP contribution is -2.11. The summed E-state index contributed by atoms with van der Waals surface area (Å²) in [5.74, 6) is 0.279. The lowest BCUT2D eigenvalue weighted by Gasteiger charge is -2.02. The Hall–Kier alpha value is -1.85. The van der Waals surface area contributed by atoms with Crippen LogP contribution in [0.25, 0.3) is 0 Å². The molecule has 0 saturated heterocycles. The monoisotopic (exact) mass is 265 g/mol. The van der Waals surface area contributed by atoms with Gasteiger partial charge in [0, 0.05) is 10.7 Å². The Bertz CT molecular complexity index is 554. The largest absolute Gasteiger partial charge is 0.434 e. The molecule has 2 aromatic rings. The average molecular weight is 266 g/mol. The highest BCUT2D eigenvalue weighted by Crippen LogP contribution is 2.16. The first-order valence-corrected chi connectivity index (χ1v) is 5.73. The molecule has 0 aliphatic heterocycles. The molecule has 5 nitrogen and oxygen atoms in total. The molecule has 0 aliphatic rings. The van der Waals surface area contributed by atoms with Crippen molar-refractivity contribution in [2.45, 2.75) is 6.54 Å². The van der Waals surface area contributed by atoms with Crippen LogP contribution in [0, 0.1) is 0 Å². The van der Waals surface area contributed by atoms with E-state index in [1.807, 2.05) is 0 Å². The van der Waals surface area contributed by atoms with Gasteiger partial charge < -0.3 is 15.1 Å². The molecule has 0 aliphatic carbocycles. The summed E-state index contributed by atoms with van der Waals surface area (Å²) in [6.07, 6.45) is 1.40. The maximum absolute atomic E-state index is 11.8. The van der Waals surface area contributed by atoms with Gasteiger partial charge in [0.25, 0.3) is 5.91 Å². The van der Waals surface area contributed by atoms with Crippen molar-refractivity contribution in [3.63, 3.8) is 0 Å². The van der Waals surface area contributed by atoms with Gasteiger partial charge in [0.2, 0.25) is 11.7 Å². The van der Waals surface area contributed by atoms with Gasteiger partial charge in [-0.15, -0.1) is 0 Å². The number of nitrogens with one attached hydrogen (secondary N) is 2. The lowest BCUT2D eigenvalue weighted by atomic mass is 10.3. The number of rotatable bonds is 4. The second-order valence-corrected chi connectivity index (χ2v) is 4.05. The number of hydrogen-bond donors (Lipinski definition) is 2. The van der Waals surface area contributed by atoms with Crippen molar-refractivity contribution in [2.75, 3.05) is 12.4 Å². The Kier molecular flexibility index (Phi) is 3.96. The van der Waals surface area contributed by atoms with E-state index >= 15 is 0 Å². The Morgan fingerprint density at radius 2 is 2.33 bits per heavy atom. The first-order valence-electron chi connectivity index (χ1n) is 5.35. The van der Waals surface area contributed by atoms with Gasteiger partial charge in [0.15, 0.2) is 0 Å². The van der Waals surface area contributed by atoms with Crippen molar-refractivity contribution in [3.05, 3.63) is 47.1 Å². The van der Waals surface area contributed by atoms with E-state index in [1.165, 1.54) is 6.20 Å². The molecule has 0 spiro atoms. The maximum atomic E-state index is 11.8. The fourth-order valence-electron chi connectivity index (χ4n) is 1.41. The molecule has 0 radical (unpaired) electrons. The van der Waals surface area contributed by atoms with Crippen LogP contribution in [0.1, 0.15) is 16.4 Å². The van der Waals surface area contributed by atoms with Crippen molar-refractivity contribution in [2.24, 2.45) is 0 Å². The maximum Gasteiger partial charge on any atom is 0.293 e. The number of halogens is 1. The smallest absolute Gasteiger partial charge is 0.293 e. The lowest BCUT2D eigenvalue weighted by molar-refractivity contribution is 0.0995. The molecule has 0 bridgehead atoms. The van der Waals surface area contributed by atoms with Crippen LogP contribution in [0.3, 0.4) is 0 Å². The van der Waals surface area contributed by atoms with Gasteiger partial charge in [-0.3, -0.25) is 4.79 Å². The van der Waals surface area contributed by atoms with Crippen molar-refractivity contribution in [3.8, 4) is 0 Å². The zero-order chi connectivity index (χ0) is 13.0. The van der Waals surface area contributed by atoms with E-state index in [0.29, 0.717) is 23.1 Å². The third-order valence-electron chi connectivity index (χ3n) is 2.19. The van der Waals surface area contributed by atoms with E-state index < -0.39 is 0 Å². The number of benzene rings is 1. The molecular formula is C12H12ClN3O2. The SMILES string of the molecule is CNCc1ncc(C(=O)Nc2cccc(Cl)c2)o1. The Labute approximate surface area is 109 Å². The molecule has 0 unspecified atom stereocenters.